The summed E-state index contributed by atoms with van der Waals surface area (Å²) < 4.78 is 10.6. The van der Waals surface area contributed by atoms with E-state index in [1.165, 1.54) is 11.3 Å². The summed E-state index contributed by atoms with van der Waals surface area (Å²) in [5, 5.41) is 7.99. The molecule has 2 aromatic rings. The number of rotatable bonds is 3. The molecule has 24 heavy (non-hydrogen) atoms. The topological polar surface area (TPSA) is 93.4 Å². The lowest BCUT2D eigenvalue weighted by Crippen LogP contribution is -2.37. The van der Waals surface area contributed by atoms with Crippen LogP contribution in [0.4, 0.5) is 9.93 Å². The van der Waals surface area contributed by atoms with Gasteiger partial charge < -0.3 is 14.2 Å². The summed E-state index contributed by atoms with van der Waals surface area (Å²) in [6, 6.07) is -0.142. The fourth-order valence-electron chi connectivity index (χ4n) is 3.87. The maximum atomic E-state index is 12.6. The number of carbonyl (C=O) groups excluding carboxylic acids is 1. The molecule has 3 heterocycles. The minimum absolute atomic E-state index is 0.142. The van der Waals surface area contributed by atoms with E-state index >= 15 is 0 Å². The predicted molar refractivity (Wildman–Crippen MR) is 87.3 cm³/mol. The second-order valence-electron chi connectivity index (χ2n) is 6.39. The Bertz CT molecular complexity index is 760. The third-order valence-electron chi connectivity index (χ3n) is 5.01. The van der Waals surface area contributed by atoms with Gasteiger partial charge in [0.1, 0.15) is 0 Å². The Morgan fingerprint density at radius 3 is 3.17 bits per heavy atom. The van der Waals surface area contributed by atoms with Gasteiger partial charge in [-0.25, -0.2) is 9.78 Å². The Balaban J connectivity index is 1.51. The number of nitrogens with one attached hydrogen (secondary N) is 1. The molecule has 2 amide bonds. The van der Waals surface area contributed by atoms with E-state index in [1.54, 1.807) is 13.3 Å². The molecular weight excluding hydrogens is 330 g/mol. The number of thiazole rings is 1. The summed E-state index contributed by atoms with van der Waals surface area (Å²) in [6.45, 7) is 3.13. The molecule has 1 N–H and O–H groups in total. The Morgan fingerprint density at radius 2 is 2.46 bits per heavy atom. The summed E-state index contributed by atoms with van der Waals surface area (Å²) >= 11 is 1.31. The van der Waals surface area contributed by atoms with E-state index in [0.717, 1.165) is 19.3 Å². The van der Waals surface area contributed by atoms with Gasteiger partial charge >= 0.3 is 6.03 Å². The Morgan fingerprint density at radius 1 is 1.58 bits per heavy atom. The zero-order valence-electron chi connectivity index (χ0n) is 13.6. The highest BCUT2D eigenvalue weighted by Gasteiger charge is 2.55. The molecule has 0 bridgehead atoms. The highest BCUT2D eigenvalue weighted by atomic mass is 32.1. The van der Waals surface area contributed by atoms with Crippen molar-refractivity contribution >= 4 is 22.5 Å². The smallest absolute Gasteiger partial charge is 0.323 e. The van der Waals surface area contributed by atoms with Gasteiger partial charge in [-0.3, -0.25) is 5.32 Å². The van der Waals surface area contributed by atoms with Crippen LogP contribution in [0.1, 0.15) is 31.0 Å². The van der Waals surface area contributed by atoms with Crippen molar-refractivity contribution in [2.45, 2.75) is 31.6 Å². The Hall–Kier alpha value is -2.16. The number of aromatic nitrogens is 3. The van der Waals surface area contributed by atoms with Crippen molar-refractivity contribution in [3.05, 3.63) is 17.9 Å². The second kappa shape index (κ2) is 5.73. The summed E-state index contributed by atoms with van der Waals surface area (Å²) in [5.41, 5.74) is -0.195. The van der Waals surface area contributed by atoms with E-state index in [1.807, 2.05) is 11.8 Å². The highest BCUT2D eigenvalue weighted by Crippen LogP contribution is 2.50. The minimum atomic E-state index is -0.195. The first-order valence-electron chi connectivity index (χ1n) is 7.97. The van der Waals surface area contributed by atoms with Gasteiger partial charge in [0, 0.05) is 13.1 Å². The number of ether oxygens (including phenoxy) is 1. The zero-order chi connectivity index (χ0) is 16.7. The van der Waals surface area contributed by atoms with Crippen LogP contribution in [0.25, 0.3) is 0 Å². The average molecular weight is 349 g/mol. The van der Waals surface area contributed by atoms with Crippen LogP contribution in [-0.4, -0.2) is 46.3 Å². The predicted octanol–water partition coefficient (Wildman–Crippen LogP) is 2.43. The first-order valence-corrected chi connectivity index (χ1v) is 8.79. The van der Waals surface area contributed by atoms with Gasteiger partial charge in [0.2, 0.25) is 5.89 Å². The number of hydrogen-bond acceptors (Lipinski definition) is 7. The Labute approximate surface area is 143 Å². The molecule has 0 aromatic carbocycles. The third-order valence-corrected chi connectivity index (χ3v) is 5.89. The molecule has 1 saturated heterocycles. The summed E-state index contributed by atoms with van der Waals surface area (Å²) in [4.78, 5) is 23.0. The van der Waals surface area contributed by atoms with Gasteiger partial charge in [0.05, 0.1) is 18.7 Å². The van der Waals surface area contributed by atoms with Crippen LogP contribution in [0, 0.1) is 12.8 Å². The van der Waals surface area contributed by atoms with Crippen molar-refractivity contribution in [1.82, 2.24) is 20.0 Å². The molecule has 1 saturated carbocycles. The van der Waals surface area contributed by atoms with Crippen molar-refractivity contribution in [1.29, 1.82) is 0 Å². The third kappa shape index (κ3) is 2.43. The first kappa shape index (κ1) is 15.4. The lowest BCUT2D eigenvalue weighted by molar-refractivity contribution is 0.214. The number of urea groups is 1. The van der Waals surface area contributed by atoms with Crippen LogP contribution in [0.2, 0.25) is 0 Å². The number of anilines is 1. The Kier molecular flexibility index (Phi) is 3.67. The highest BCUT2D eigenvalue weighted by molar-refractivity contribution is 7.17. The van der Waals surface area contributed by atoms with E-state index < -0.39 is 0 Å². The summed E-state index contributed by atoms with van der Waals surface area (Å²) in [5.74, 6) is 1.69. The lowest BCUT2D eigenvalue weighted by Gasteiger charge is -2.24. The fraction of sp³-hybridized carbons (Fsp3) is 0.600. The number of likely N-dealkylation sites (tertiary alicyclic amines) is 1. The minimum Gasteiger partial charge on any atom is -0.486 e. The molecule has 2 fully saturated rings. The van der Waals surface area contributed by atoms with Crippen LogP contribution in [0.3, 0.4) is 0 Å². The summed E-state index contributed by atoms with van der Waals surface area (Å²) in [7, 11) is 1.58. The average Bonchev–Trinajstić information content (AvgIpc) is 3.28. The van der Waals surface area contributed by atoms with Crippen LogP contribution < -0.4 is 10.1 Å². The molecule has 0 radical (unpaired) electrons. The van der Waals surface area contributed by atoms with E-state index in [9.17, 15) is 4.79 Å². The van der Waals surface area contributed by atoms with Gasteiger partial charge in [-0.1, -0.05) is 22.9 Å². The molecule has 0 spiro atoms. The molecule has 128 valence electrons. The molecule has 2 atom stereocenters. The SMILES string of the molecule is COc1cnc(NC(=O)N2C[C@@H]3CCC[C@]3(c3nc(C)no3)C2)s1. The molecule has 1 aliphatic heterocycles. The van der Waals surface area contributed by atoms with Gasteiger partial charge in [0.25, 0.3) is 0 Å². The molecule has 1 aliphatic carbocycles. The zero-order valence-corrected chi connectivity index (χ0v) is 14.4. The van der Waals surface area contributed by atoms with E-state index in [0.29, 0.717) is 40.9 Å². The molecule has 8 nitrogen and oxygen atoms in total. The van der Waals surface area contributed by atoms with Crippen LogP contribution in [-0.2, 0) is 5.41 Å². The molecule has 2 aliphatic rings. The van der Waals surface area contributed by atoms with Crippen molar-refractivity contribution < 1.29 is 14.1 Å². The quantitative estimate of drug-likeness (QED) is 0.915. The van der Waals surface area contributed by atoms with Crippen molar-refractivity contribution in [2.24, 2.45) is 5.92 Å². The van der Waals surface area contributed by atoms with Crippen molar-refractivity contribution in [3.63, 3.8) is 0 Å². The van der Waals surface area contributed by atoms with E-state index in [-0.39, 0.29) is 11.4 Å². The molecule has 9 heteroatoms. The van der Waals surface area contributed by atoms with Crippen molar-refractivity contribution in [3.8, 4) is 5.06 Å². The van der Waals surface area contributed by atoms with Gasteiger partial charge in [-0.15, -0.1) is 0 Å². The normalized spacial score (nSPS) is 25.8. The molecule has 0 unspecified atom stereocenters. The van der Waals surface area contributed by atoms with Crippen LogP contribution >= 0.6 is 11.3 Å². The summed E-state index contributed by atoms with van der Waals surface area (Å²) in [6.07, 6.45) is 4.79. The van der Waals surface area contributed by atoms with Crippen LogP contribution in [0.5, 0.6) is 5.06 Å². The number of carbonyl (C=O) groups is 1. The number of hydrogen-bond donors (Lipinski definition) is 1. The maximum Gasteiger partial charge on any atom is 0.323 e. The number of methoxy groups -OCH3 is 1. The van der Waals surface area contributed by atoms with E-state index in [2.05, 4.69) is 20.4 Å². The number of nitrogens with zero attached hydrogens (tertiary/aromatic N) is 4. The fourth-order valence-corrected chi connectivity index (χ4v) is 4.50. The standard InChI is InChI=1S/C15H19N5O3S/c1-9-17-12(23-19-9)15-5-3-4-10(15)7-20(8-15)14(21)18-13-16-6-11(22-2)24-13/h6,10H,3-5,7-8H2,1-2H3,(H,16,18,21)/t10-,15-/m0/s1. The van der Waals surface area contributed by atoms with Gasteiger partial charge in [-0.05, 0) is 25.7 Å². The lowest BCUT2D eigenvalue weighted by atomic mass is 9.80. The van der Waals surface area contributed by atoms with Gasteiger partial charge in [-0.2, -0.15) is 4.98 Å². The number of aryl methyl sites for hydroxylation is 1. The number of fused-ring (bicyclic) bond motifs is 1. The largest absolute Gasteiger partial charge is 0.486 e. The second-order valence-corrected chi connectivity index (χ2v) is 7.38. The molecular formula is C15H19N5O3S. The molecule has 2 aromatic heterocycles. The first-order chi connectivity index (χ1) is 11.6. The van der Waals surface area contributed by atoms with Crippen molar-refractivity contribution in [2.75, 3.05) is 25.5 Å². The van der Waals surface area contributed by atoms with Gasteiger partial charge in [0.15, 0.2) is 16.0 Å². The maximum absolute atomic E-state index is 12.6. The number of amides is 2. The monoisotopic (exact) mass is 349 g/mol. The van der Waals surface area contributed by atoms with Crippen LogP contribution in [0.15, 0.2) is 10.7 Å². The van der Waals surface area contributed by atoms with E-state index in [4.69, 9.17) is 9.26 Å². The molecule has 4 rings (SSSR count).